The number of aromatic nitrogens is 3. The molecule has 1 aromatic heterocycles. The molecule has 4 unspecified atom stereocenters. The van der Waals surface area contributed by atoms with Crippen molar-refractivity contribution in [3.8, 4) is 17.6 Å². The first kappa shape index (κ1) is 27.0. The lowest BCUT2D eigenvalue weighted by Gasteiger charge is -2.38. The van der Waals surface area contributed by atoms with Gasteiger partial charge in [0, 0.05) is 17.4 Å². The molecule has 0 bridgehead atoms. The van der Waals surface area contributed by atoms with Crippen molar-refractivity contribution >= 4 is 5.91 Å². The number of amides is 1. The van der Waals surface area contributed by atoms with Crippen molar-refractivity contribution < 1.29 is 14.6 Å². The second-order valence-electron chi connectivity index (χ2n) is 11.0. The highest BCUT2D eigenvalue weighted by Gasteiger charge is 2.36. The summed E-state index contributed by atoms with van der Waals surface area (Å²) in [4.78, 5) is 17.5. The predicted octanol–water partition coefficient (Wildman–Crippen LogP) is 5.20. The van der Waals surface area contributed by atoms with Crippen molar-refractivity contribution in [3.05, 3.63) is 76.9 Å². The molecule has 0 spiro atoms. The second-order valence-corrected chi connectivity index (χ2v) is 11.0. The maximum atomic E-state index is 13.4. The molecule has 0 aliphatic heterocycles. The van der Waals surface area contributed by atoms with Crippen molar-refractivity contribution in [2.24, 2.45) is 11.8 Å². The van der Waals surface area contributed by atoms with Crippen LogP contribution in [-0.2, 0) is 4.79 Å². The van der Waals surface area contributed by atoms with Gasteiger partial charge in [-0.3, -0.25) is 9.89 Å². The SMILES string of the molecule is COc1ccc(C2CCC(C(NC(=O)C3CCCCC3)c3cccc(C#Cc4ncn[nH]4)c3)CC2O)cc1C. The molecule has 204 valence electrons. The number of nitrogens with zero attached hydrogens (tertiary/aromatic N) is 2. The van der Waals surface area contributed by atoms with Gasteiger partial charge in [-0.2, -0.15) is 5.10 Å². The highest BCUT2D eigenvalue weighted by atomic mass is 16.5. The molecule has 0 radical (unpaired) electrons. The number of benzene rings is 2. The van der Waals surface area contributed by atoms with Gasteiger partial charge in [0.15, 0.2) is 0 Å². The molecule has 39 heavy (non-hydrogen) atoms. The zero-order chi connectivity index (χ0) is 27.2. The maximum absolute atomic E-state index is 13.4. The van der Waals surface area contributed by atoms with E-state index in [2.05, 4.69) is 56.6 Å². The molecular formula is C32H38N4O3. The van der Waals surface area contributed by atoms with Crippen molar-refractivity contribution in [1.29, 1.82) is 0 Å². The topological polar surface area (TPSA) is 100 Å². The van der Waals surface area contributed by atoms with E-state index in [9.17, 15) is 9.90 Å². The van der Waals surface area contributed by atoms with Crippen LogP contribution in [-0.4, -0.2) is 39.4 Å². The number of hydrogen-bond acceptors (Lipinski definition) is 5. The summed E-state index contributed by atoms with van der Waals surface area (Å²) in [5, 5.41) is 21.4. The number of methoxy groups -OCH3 is 1. The number of aryl methyl sites for hydroxylation is 1. The van der Waals surface area contributed by atoms with E-state index in [-0.39, 0.29) is 29.7 Å². The Morgan fingerprint density at radius 2 is 1.95 bits per heavy atom. The molecule has 7 heteroatoms. The minimum absolute atomic E-state index is 0.0687. The third-order valence-electron chi connectivity index (χ3n) is 8.44. The zero-order valence-electron chi connectivity index (χ0n) is 22.8. The maximum Gasteiger partial charge on any atom is 0.223 e. The lowest BCUT2D eigenvalue weighted by Crippen LogP contribution is -2.41. The Kier molecular flexibility index (Phi) is 8.63. The molecule has 2 aliphatic rings. The Morgan fingerprint density at radius 1 is 1.10 bits per heavy atom. The van der Waals surface area contributed by atoms with Crippen LogP contribution in [0.1, 0.15) is 91.4 Å². The van der Waals surface area contributed by atoms with Gasteiger partial charge in [0.2, 0.25) is 11.7 Å². The summed E-state index contributed by atoms with van der Waals surface area (Å²) in [5.74, 6) is 7.94. The Bertz CT molecular complexity index is 1320. The van der Waals surface area contributed by atoms with Crippen LogP contribution in [0.3, 0.4) is 0 Å². The van der Waals surface area contributed by atoms with Gasteiger partial charge < -0.3 is 15.2 Å². The summed E-state index contributed by atoms with van der Waals surface area (Å²) in [6.07, 6.45) is 8.68. The molecule has 2 aliphatic carbocycles. The fourth-order valence-corrected chi connectivity index (χ4v) is 6.32. The average Bonchev–Trinajstić information content (AvgIpc) is 3.49. The van der Waals surface area contributed by atoms with E-state index in [4.69, 9.17) is 4.74 Å². The molecule has 3 aromatic rings. The molecule has 4 atom stereocenters. The summed E-state index contributed by atoms with van der Waals surface area (Å²) >= 11 is 0. The first-order chi connectivity index (χ1) is 19.0. The predicted molar refractivity (Wildman–Crippen MR) is 150 cm³/mol. The van der Waals surface area contributed by atoms with Crippen LogP contribution in [0, 0.1) is 30.6 Å². The van der Waals surface area contributed by atoms with Crippen molar-refractivity contribution in [1.82, 2.24) is 20.5 Å². The number of aromatic amines is 1. The number of aliphatic hydroxyl groups is 1. The second kappa shape index (κ2) is 12.5. The van der Waals surface area contributed by atoms with E-state index in [0.29, 0.717) is 12.2 Å². The van der Waals surface area contributed by atoms with Gasteiger partial charge in [-0.15, -0.1) is 0 Å². The van der Waals surface area contributed by atoms with Gasteiger partial charge in [-0.05, 0) is 85.8 Å². The fraction of sp³-hybridized carbons (Fsp3) is 0.469. The first-order valence-electron chi connectivity index (χ1n) is 14.1. The van der Waals surface area contributed by atoms with E-state index in [1.54, 1.807) is 7.11 Å². The van der Waals surface area contributed by atoms with Crippen molar-refractivity contribution in [2.75, 3.05) is 7.11 Å². The van der Waals surface area contributed by atoms with Gasteiger partial charge in [0.05, 0.1) is 19.3 Å². The monoisotopic (exact) mass is 526 g/mol. The highest BCUT2D eigenvalue weighted by Crippen LogP contribution is 2.42. The largest absolute Gasteiger partial charge is 0.496 e. The minimum Gasteiger partial charge on any atom is -0.496 e. The fourth-order valence-electron chi connectivity index (χ4n) is 6.32. The Labute approximate surface area is 230 Å². The summed E-state index contributed by atoms with van der Waals surface area (Å²) < 4.78 is 5.43. The van der Waals surface area contributed by atoms with E-state index in [0.717, 1.165) is 66.5 Å². The lowest BCUT2D eigenvalue weighted by atomic mass is 9.72. The smallest absolute Gasteiger partial charge is 0.223 e. The zero-order valence-corrected chi connectivity index (χ0v) is 22.8. The van der Waals surface area contributed by atoms with Crippen LogP contribution >= 0.6 is 0 Å². The molecule has 7 nitrogen and oxygen atoms in total. The summed E-state index contributed by atoms with van der Waals surface area (Å²) in [7, 11) is 1.68. The summed E-state index contributed by atoms with van der Waals surface area (Å²) in [5.41, 5.74) is 4.10. The minimum atomic E-state index is -0.486. The number of carbonyl (C=O) groups is 1. The number of nitrogens with one attached hydrogen (secondary N) is 2. The molecule has 0 saturated heterocycles. The summed E-state index contributed by atoms with van der Waals surface area (Å²) in [6, 6.07) is 14.1. The molecule has 3 N–H and O–H groups in total. The van der Waals surface area contributed by atoms with Gasteiger partial charge in [0.25, 0.3) is 0 Å². The third-order valence-corrected chi connectivity index (χ3v) is 8.44. The third kappa shape index (κ3) is 6.51. The molecule has 5 rings (SSSR count). The number of rotatable bonds is 6. The number of H-pyrrole nitrogens is 1. The van der Waals surface area contributed by atoms with E-state index >= 15 is 0 Å². The molecule has 2 aromatic carbocycles. The standard InChI is InChI=1S/C32H38N4O3/c1-21-17-24(13-15-29(21)39-2)27-14-12-26(19-28(27)37)31(35-32(38)23-8-4-3-5-9-23)25-10-6-7-22(18-25)11-16-30-33-20-34-36-30/h6-7,10,13,15,17-18,20,23,26-28,31,37H,3-5,8-9,12,14,19H2,1-2H3,(H,35,38)(H,33,34,36). The van der Waals surface area contributed by atoms with Crippen LogP contribution in [0.2, 0.25) is 0 Å². The van der Waals surface area contributed by atoms with Gasteiger partial charge in [-0.1, -0.05) is 49.4 Å². The molecular weight excluding hydrogens is 488 g/mol. The number of hydrogen-bond donors (Lipinski definition) is 3. The van der Waals surface area contributed by atoms with Crippen molar-refractivity contribution in [2.45, 2.75) is 76.4 Å². The van der Waals surface area contributed by atoms with Crippen molar-refractivity contribution in [3.63, 3.8) is 0 Å². The van der Waals surface area contributed by atoms with Gasteiger partial charge in [0.1, 0.15) is 12.1 Å². The van der Waals surface area contributed by atoms with Gasteiger partial charge >= 0.3 is 0 Å². The average molecular weight is 527 g/mol. The van der Waals surface area contributed by atoms with Crippen LogP contribution in [0.25, 0.3) is 0 Å². The molecule has 2 saturated carbocycles. The van der Waals surface area contributed by atoms with E-state index in [1.807, 2.05) is 25.1 Å². The normalized spacial score (nSPS) is 22.4. The lowest BCUT2D eigenvalue weighted by molar-refractivity contribution is -0.127. The molecule has 2 fully saturated rings. The Morgan fingerprint density at radius 3 is 2.67 bits per heavy atom. The molecule has 1 amide bonds. The number of ether oxygens (including phenoxy) is 1. The van der Waals surface area contributed by atoms with Crippen LogP contribution in [0.4, 0.5) is 0 Å². The van der Waals surface area contributed by atoms with Crippen LogP contribution in [0.15, 0.2) is 48.8 Å². The molecule has 1 heterocycles. The first-order valence-corrected chi connectivity index (χ1v) is 14.1. The Hall–Kier alpha value is -3.63. The summed E-state index contributed by atoms with van der Waals surface area (Å²) in [6.45, 7) is 2.04. The number of carbonyl (C=O) groups excluding carboxylic acids is 1. The van der Waals surface area contributed by atoms with E-state index < -0.39 is 6.10 Å². The van der Waals surface area contributed by atoms with Crippen LogP contribution in [0.5, 0.6) is 5.75 Å². The Balaban J connectivity index is 1.37. The van der Waals surface area contributed by atoms with Crippen LogP contribution < -0.4 is 10.1 Å². The number of aliphatic hydroxyl groups excluding tert-OH is 1. The van der Waals surface area contributed by atoms with Gasteiger partial charge in [-0.25, -0.2) is 4.98 Å². The highest BCUT2D eigenvalue weighted by molar-refractivity contribution is 5.79. The van der Waals surface area contributed by atoms with E-state index in [1.165, 1.54) is 12.7 Å². The quantitative estimate of drug-likeness (QED) is 0.383.